The predicted molar refractivity (Wildman–Crippen MR) is 98.9 cm³/mol. The van der Waals surface area contributed by atoms with E-state index in [1.807, 2.05) is 44.2 Å². The lowest BCUT2D eigenvalue weighted by Gasteiger charge is -2.25. The molecule has 0 unspecified atom stereocenters. The minimum absolute atomic E-state index is 0. The molecule has 2 aromatic carbocycles. The number of para-hydroxylation sites is 1. The maximum Gasteiger partial charge on any atom is 0.220 e. The maximum atomic E-state index is 13.3. The third-order valence-electron chi connectivity index (χ3n) is 4.01. The van der Waals surface area contributed by atoms with E-state index in [-0.39, 0.29) is 29.5 Å². The van der Waals surface area contributed by atoms with Gasteiger partial charge in [-0.25, -0.2) is 4.39 Å². The van der Waals surface area contributed by atoms with E-state index in [2.05, 4.69) is 5.32 Å². The number of amides is 1. The van der Waals surface area contributed by atoms with Crippen LogP contribution < -0.4 is 11.1 Å². The van der Waals surface area contributed by atoms with Crippen molar-refractivity contribution in [1.29, 1.82) is 0 Å². The van der Waals surface area contributed by atoms with Gasteiger partial charge in [0, 0.05) is 24.1 Å². The highest BCUT2D eigenvalue weighted by Gasteiger charge is 2.21. The zero-order chi connectivity index (χ0) is 16.9. The summed E-state index contributed by atoms with van der Waals surface area (Å²) in [5, 5.41) is 2.93. The topological polar surface area (TPSA) is 55.1 Å². The molecule has 0 aliphatic rings. The number of nitrogens with two attached hydrogens (primary N) is 1. The lowest BCUT2D eigenvalue weighted by atomic mass is 9.84. The minimum atomic E-state index is -0.330. The molecule has 0 heterocycles. The van der Waals surface area contributed by atoms with Gasteiger partial charge in [0.05, 0.1) is 0 Å². The van der Waals surface area contributed by atoms with Crippen molar-refractivity contribution in [3.8, 4) is 0 Å². The minimum Gasteiger partial charge on any atom is -0.399 e. The van der Waals surface area contributed by atoms with E-state index < -0.39 is 0 Å². The van der Waals surface area contributed by atoms with E-state index in [1.54, 1.807) is 6.07 Å². The van der Waals surface area contributed by atoms with Gasteiger partial charge in [-0.05, 0) is 35.7 Å². The molecule has 0 aliphatic heterocycles. The summed E-state index contributed by atoms with van der Waals surface area (Å²) in [6.07, 6.45) is 0.992. The van der Waals surface area contributed by atoms with Crippen molar-refractivity contribution in [3.63, 3.8) is 0 Å². The molecule has 5 heteroatoms. The highest BCUT2D eigenvalue weighted by Crippen LogP contribution is 2.23. The van der Waals surface area contributed by atoms with Gasteiger partial charge in [-0.1, -0.05) is 44.2 Å². The fraction of sp³-hybridized carbons (Fsp3) is 0.316. The summed E-state index contributed by atoms with van der Waals surface area (Å²) in [4.78, 5) is 12.0. The summed E-state index contributed by atoms with van der Waals surface area (Å²) in [5.41, 5.74) is 8.10. The second kappa shape index (κ2) is 8.69. The van der Waals surface area contributed by atoms with Crippen molar-refractivity contribution in [1.82, 2.24) is 5.32 Å². The summed E-state index contributed by atoms with van der Waals surface area (Å²) >= 11 is 0. The van der Waals surface area contributed by atoms with E-state index in [0.29, 0.717) is 25.1 Å². The fourth-order valence-electron chi connectivity index (χ4n) is 2.43. The first-order chi connectivity index (χ1) is 10.9. The van der Waals surface area contributed by atoms with Crippen LogP contribution in [-0.2, 0) is 16.6 Å². The average Bonchev–Trinajstić information content (AvgIpc) is 2.52. The number of aryl methyl sites for hydroxylation is 1. The summed E-state index contributed by atoms with van der Waals surface area (Å²) in [6, 6.07) is 14.0. The van der Waals surface area contributed by atoms with Crippen LogP contribution in [0.1, 0.15) is 31.4 Å². The summed E-state index contributed by atoms with van der Waals surface area (Å²) in [7, 11) is 0. The maximum absolute atomic E-state index is 13.3. The second-order valence-corrected chi connectivity index (χ2v) is 6.37. The Bertz CT molecular complexity index is 689. The second-order valence-electron chi connectivity index (χ2n) is 6.37. The average molecular weight is 351 g/mol. The molecular formula is C19H24ClFN2O. The molecule has 0 saturated heterocycles. The van der Waals surface area contributed by atoms with Crippen LogP contribution >= 0.6 is 12.4 Å². The predicted octanol–water partition coefficient (Wildman–Crippen LogP) is 3.86. The Morgan fingerprint density at radius 3 is 2.54 bits per heavy atom. The molecule has 0 bridgehead atoms. The van der Waals surface area contributed by atoms with Crippen LogP contribution in [0.4, 0.5) is 10.1 Å². The Labute approximate surface area is 148 Å². The van der Waals surface area contributed by atoms with Crippen LogP contribution in [0.3, 0.4) is 0 Å². The zero-order valence-electron chi connectivity index (χ0n) is 14.0. The van der Waals surface area contributed by atoms with Crippen molar-refractivity contribution in [2.24, 2.45) is 0 Å². The number of carbonyl (C=O) groups is 1. The van der Waals surface area contributed by atoms with E-state index in [9.17, 15) is 9.18 Å². The van der Waals surface area contributed by atoms with Gasteiger partial charge in [-0.2, -0.15) is 0 Å². The lowest BCUT2D eigenvalue weighted by molar-refractivity contribution is -0.121. The van der Waals surface area contributed by atoms with Crippen LogP contribution in [0.25, 0.3) is 0 Å². The van der Waals surface area contributed by atoms with E-state index in [1.165, 1.54) is 12.1 Å². The number of hydrogen-bond donors (Lipinski definition) is 2. The summed E-state index contributed by atoms with van der Waals surface area (Å²) in [5.74, 6) is -0.292. The SMILES string of the molecule is CC(C)(CNC(=O)CCc1ccccc1N)c1cccc(F)c1.Cl. The normalized spacial score (nSPS) is 10.8. The third kappa shape index (κ3) is 5.53. The van der Waals surface area contributed by atoms with Gasteiger partial charge < -0.3 is 11.1 Å². The third-order valence-corrected chi connectivity index (χ3v) is 4.01. The number of halogens is 2. The molecule has 0 atom stereocenters. The molecule has 24 heavy (non-hydrogen) atoms. The van der Waals surface area contributed by atoms with Crippen molar-refractivity contribution in [2.45, 2.75) is 32.1 Å². The monoisotopic (exact) mass is 350 g/mol. The standard InChI is InChI=1S/C19H23FN2O.ClH/c1-19(2,15-7-5-8-16(20)12-15)13-22-18(23)11-10-14-6-3-4-9-17(14)21;/h3-9,12H,10-11,13,21H2,1-2H3,(H,22,23);1H. The molecule has 1 amide bonds. The smallest absolute Gasteiger partial charge is 0.220 e. The summed E-state index contributed by atoms with van der Waals surface area (Å²) < 4.78 is 13.3. The number of nitrogen functional groups attached to an aromatic ring is 1. The number of nitrogens with one attached hydrogen (secondary N) is 1. The Kier molecular flexibility index (Phi) is 7.23. The quantitative estimate of drug-likeness (QED) is 0.777. The van der Waals surface area contributed by atoms with Crippen LogP contribution in [-0.4, -0.2) is 12.5 Å². The van der Waals surface area contributed by atoms with E-state index >= 15 is 0 Å². The van der Waals surface area contributed by atoms with E-state index in [4.69, 9.17) is 5.73 Å². The van der Waals surface area contributed by atoms with Crippen molar-refractivity contribution in [2.75, 3.05) is 12.3 Å². The van der Waals surface area contributed by atoms with Crippen LogP contribution in [0.5, 0.6) is 0 Å². The van der Waals surface area contributed by atoms with Gasteiger partial charge in [0.1, 0.15) is 5.82 Å². The molecule has 2 aromatic rings. The molecule has 0 spiro atoms. The van der Waals surface area contributed by atoms with Crippen molar-refractivity contribution in [3.05, 3.63) is 65.5 Å². The number of hydrogen-bond acceptors (Lipinski definition) is 2. The number of carbonyl (C=O) groups excluding carboxylic acids is 1. The van der Waals surface area contributed by atoms with Gasteiger partial charge in [-0.15, -0.1) is 12.4 Å². The first-order valence-electron chi connectivity index (χ1n) is 7.74. The number of anilines is 1. The van der Waals surface area contributed by atoms with Gasteiger partial charge in [0.25, 0.3) is 0 Å². The molecule has 0 saturated carbocycles. The van der Waals surface area contributed by atoms with Crippen molar-refractivity contribution >= 4 is 24.0 Å². The number of benzene rings is 2. The molecule has 3 N–H and O–H groups in total. The largest absolute Gasteiger partial charge is 0.399 e. The molecule has 0 aliphatic carbocycles. The molecular weight excluding hydrogens is 327 g/mol. The van der Waals surface area contributed by atoms with Crippen molar-refractivity contribution < 1.29 is 9.18 Å². The van der Waals surface area contributed by atoms with Gasteiger partial charge in [0.2, 0.25) is 5.91 Å². The van der Waals surface area contributed by atoms with Crippen LogP contribution in [0.2, 0.25) is 0 Å². The fourth-order valence-corrected chi connectivity index (χ4v) is 2.43. The molecule has 0 aromatic heterocycles. The Balaban J connectivity index is 0.00000288. The Morgan fingerprint density at radius 1 is 1.17 bits per heavy atom. The van der Waals surface area contributed by atoms with Gasteiger partial charge >= 0.3 is 0 Å². The molecule has 3 nitrogen and oxygen atoms in total. The highest BCUT2D eigenvalue weighted by molar-refractivity contribution is 5.85. The van der Waals surface area contributed by atoms with Crippen LogP contribution in [0, 0.1) is 5.82 Å². The lowest BCUT2D eigenvalue weighted by Crippen LogP contribution is -2.36. The first kappa shape index (κ1) is 20.0. The molecule has 0 radical (unpaired) electrons. The first-order valence-corrected chi connectivity index (χ1v) is 7.74. The Morgan fingerprint density at radius 2 is 1.88 bits per heavy atom. The van der Waals surface area contributed by atoms with Crippen LogP contribution in [0.15, 0.2) is 48.5 Å². The highest BCUT2D eigenvalue weighted by atomic mass is 35.5. The number of rotatable bonds is 6. The summed E-state index contributed by atoms with van der Waals surface area (Å²) in [6.45, 7) is 4.42. The van der Waals surface area contributed by atoms with E-state index in [0.717, 1.165) is 11.1 Å². The molecule has 2 rings (SSSR count). The van der Waals surface area contributed by atoms with Gasteiger partial charge in [0.15, 0.2) is 0 Å². The van der Waals surface area contributed by atoms with Gasteiger partial charge in [-0.3, -0.25) is 4.79 Å². The zero-order valence-corrected chi connectivity index (χ0v) is 14.8. The molecule has 0 fully saturated rings. The molecule has 130 valence electrons. The Hall–Kier alpha value is -2.07.